The second kappa shape index (κ2) is 10.8. The number of halogens is 3. The number of alkyl halides is 3. The van der Waals surface area contributed by atoms with Gasteiger partial charge >= 0.3 is 12.1 Å². The molecule has 0 fully saturated rings. The third-order valence-electron chi connectivity index (χ3n) is 5.17. The summed E-state index contributed by atoms with van der Waals surface area (Å²) < 4.78 is 44.1. The van der Waals surface area contributed by atoms with Crippen molar-refractivity contribution in [3.05, 3.63) is 89.5 Å². The molecule has 3 aromatic carbocycles. The predicted molar refractivity (Wildman–Crippen MR) is 134 cm³/mol. The SMILES string of the molecule is CC(C)(Oc1ccc(CCc2ccc(NC(=S)Nc3cccc(C(F)(F)F)c3)cc2)cc1)C(=O)O. The van der Waals surface area contributed by atoms with E-state index in [0.29, 0.717) is 11.4 Å². The van der Waals surface area contributed by atoms with Crippen LogP contribution in [0.25, 0.3) is 0 Å². The van der Waals surface area contributed by atoms with Crippen molar-refractivity contribution in [1.82, 2.24) is 0 Å². The minimum Gasteiger partial charge on any atom is -0.478 e. The normalized spacial score (nSPS) is 11.6. The molecule has 3 N–H and O–H groups in total. The highest BCUT2D eigenvalue weighted by Gasteiger charge is 2.30. The first-order chi connectivity index (χ1) is 16.4. The number of carboxylic acid groups (broad SMARTS) is 1. The molecule has 0 saturated carbocycles. The summed E-state index contributed by atoms with van der Waals surface area (Å²) in [6.07, 6.45) is -2.85. The molecule has 0 unspecified atom stereocenters. The lowest BCUT2D eigenvalue weighted by Crippen LogP contribution is -2.37. The third-order valence-corrected chi connectivity index (χ3v) is 5.38. The van der Waals surface area contributed by atoms with Gasteiger partial charge in [0.2, 0.25) is 0 Å². The Labute approximate surface area is 206 Å². The first kappa shape index (κ1) is 26.0. The maximum Gasteiger partial charge on any atom is 0.416 e. The summed E-state index contributed by atoms with van der Waals surface area (Å²) in [7, 11) is 0. The Morgan fingerprint density at radius 1 is 0.886 bits per heavy atom. The number of nitrogens with one attached hydrogen (secondary N) is 2. The molecular weight excluding hydrogens is 477 g/mol. The molecule has 0 radical (unpaired) electrons. The minimum atomic E-state index is -4.42. The van der Waals surface area contributed by atoms with E-state index in [2.05, 4.69) is 10.6 Å². The summed E-state index contributed by atoms with van der Waals surface area (Å²) in [5.41, 5.74) is 1.08. The highest BCUT2D eigenvalue weighted by molar-refractivity contribution is 7.80. The average molecular weight is 503 g/mol. The van der Waals surface area contributed by atoms with Crippen molar-refractivity contribution in [2.45, 2.75) is 38.5 Å². The van der Waals surface area contributed by atoms with Gasteiger partial charge in [0.1, 0.15) is 5.75 Å². The number of hydrogen-bond donors (Lipinski definition) is 3. The minimum absolute atomic E-state index is 0.186. The summed E-state index contributed by atoms with van der Waals surface area (Å²) in [4.78, 5) is 11.2. The fraction of sp³-hybridized carbons (Fsp3) is 0.231. The van der Waals surface area contributed by atoms with Gasteiger partial charge in [0, 0.05) is 11.4 Å². The molecule has 0 spiro atoms. The molecule has 9 heteroatoms. The van der Waals surface area contributed by atoms with Gasteiger partial charge in [-0.3, -0.25) is 0 Å². The molecular formula is C26H25F3N2O3S. The number of hydrogen-bond acceptors (Lipinski definition) is 3. The Balaban J connectivity index is 1.50. The maximum atomic E-state index is 12.9. The molecule has 0 heterocycles. The van der Waals surface area contributed by atoms with Gasteiger partial charge in [0.15, 0.2) is 10.7 Å². The van der Waals surface area contributed by atoms with E-state index < -0.39 is 23.3 Å². The van der Waals surface area contributed by atoms with E-state index in [4.69, 9.17) is 22.1 Å². The van der Waals surface area contributed by atoms with Crippen LogP contribution in [0.2, 0.25) is 0 Å². The van der Waals surface area contributed by atoms with Gasteiger partial charge in [-0.2, -0.15) is 13.2 Å². The molecule has 0 saturated heterocycles. The molecule has 3 aromatic rings. The Kier molecular flexibility index (Phi) is 8.01. The van der Waals surface area contributed by atoms with Gasteiger partial charge in [-0.25, -0.2) is 4.79 Å². The number of anilines is 2. The van der Waals surface area contributed by atoms with Crippen molar-refractivity contribution in [2.24, 2.45) is 0 Å². The van der Waals surface area contributed by atoms with Crippen molar-refractivity contribution >= 4 is 34.7 Å². The van der Waals surface area contributed by atoms with E-state index in [1.807, 2.05) is 36.4 Å². The summed E-state index contributed by atoms with van der Waals surface area (Å²) in [6.45, 7) is 2.99. The van der Waals surface area contributed by atoms with Crippen LogP contribution in [0.3, 0.4) is 0 Å². The third kappa shape index (κ3) is 7.71. The van der Waals surface area contributed by atoms with Crippen molar-refractivity contribution in [3.8, 4) is 5.75 Å². The topological polar surface area (TPSA) is 70.6 Å². The van der Waals surface area contributed by atoms with Crippen molar-refractivity contribution in [2.75, 3.05) is 10.6 Å². The zero-order valence-electron chi connectivity index (χ0n) is 19.1. The fourth-order valence-corrected chi connectivity index (χ4v) is 3.41. The van der Waals surface area contributed by atoms with E-state index >= 15 is 0 Å². The number of rotatable bonds is 8. The van der Waals surface area contributed by atoms with Crippen LogP contribution in [-0.4, -0.2) is 21.8 Å². The van der Waals surface area contributed by atoms with Gasteiger partial charge in [0.25, 0.3) is 0 Å². The molecule has 0 bridgehead atoms. The van der Waals surface area contributed by atoms with Crippen LogP contribution in [0, 0.1) is 0 Å². The maximum absolute atomic E-state index is 12.9. The standard InChI is InChI=1S/C26H25F3N2O3S/c1-25(2,23(32)33)34-22-14-10-18(11-15-22)7-6-17-8-12-20(13-9-17)30-24(35)31-21-5-3-4-19(16-21)26(27,28)29/h3-5,8-16H,6-7H2,1-2H3,(H,32,33)(H2,30,31,35). The monoisotopic (exact) mass is 502 g/mol. The fourth-order valence-electron chi connectivity index (χ4n) is 3.17. The summed E-state index contributed by atoms with van der Waals surface area (Å²) >= 11 is 5.21. The predicted octanol–water partition coefficient (Wildman–Crippen LogP) is 6.54. The first-order valence-electron chi connectivity index (χ1n) is 10.8. The number of carboxylic acids is 1. The molecule has 0 aliphatic rings. The van der Waals surface area contributed by atoms with Crippen LogP contribution in [0.1, 0.15) is 30.5 Å². The van der Waals surface area contributed by atoms with Gasteiger partial charge in [0.05, 0.1) is 5.56 Å². The molecule has 3 rings (SSSR count). The lowest BCUT2D eigenvalue weighted by Gasteiger charge is -2.21. The zero-order chi connectivity index (χ0) is 25.6. The summed E-state index contributed by atoms with van der Waals surface area (Å²) in [5, 5.41) is 15.1. The van der Waals surface area contributed by atoms with Crippen LogP contribution in [-0.2, 0) is 23.8 Å². The highest BCUT2D eigenvalue weighted by Crippen LogP contribution is 2.30. The highest BCUT2D eigenvalue weighted by atomic mass is 32.1. The van der Waals surface area contributed by atoms with Crippen LogP contribution < -0.4 is 15.4 Å². The van der Waals surface area contributed by atoms with Crippen LogP contribution >= 0.6 is 12.2 Å². The molecule has 35 heavy (non-hydrogen) atoms. The number of aliphatic carboxylic acids is 1. The molecule has 0 aliphatic carbocycles. The van der Waals surface area contributed by atoms with Crippen molar-refractivity contribution in [1.29, 1.82) is 0 Å². The molecule has 5 nitrogen and oxygen atoms in total. The number of benzene rings is 3. The molecule has 0 atom stereocenters. The number of ether oxygens (including phenoxy) is 1. The lowest BCUT2D eigenvalue weighted by molar-refractivity contribution is -0.152. The van der Waals surface area contributed by atoms with Crippen LogP contribution in [0.15, 0.2) is 72.8 Å². The van der Waals surface area contributed by atoms with E-state index in [-0.39, 0.29) is 10.8 Å². The molecule has 0 amide bonds. The van der Waals surface area contributed by atoms with E-state index in [9.17, 15) is 18.0 Å². The Hall–Kier alpha value is -3.59. The van der Waals surface area contributed by atoms with Crippen molar-refractivity contribution in [3.63, 3.8) is 0 Å². The first-order valence-corrected chi connectivity index (χ1v) is 11.2. The summed E-state index contributed by atoms with van der Waals surface area (Å²) in [5.74, 6) is -0.544. The largest absolute Gasteiger partial charge is 0.478 e. The van der Waals surface area contributed by atoms with E-state index in [1.54, 1.807) is 12.1 Å². The second-order valence-corrected chi connectivity index (χ2v) is 8.82. The Bertz CT molecular complexity index is 1180. The van der Waals surface area contributed by atoms with Gasteiger partial charge in [-0.1, -0.05) is 30.3 Å². The lowest BCUT2D eigenvalue weighted by atomic mass is 10.0. The van der Waals surface area contributed by atoms with E-state index in [1.165, 1.54) is 26.0 Å². The summed E-state index contributed by atoms with van der Waals surface area (Å²) in [6, 6.07) is 19.7. The smallest absolute Gasteiger partial charge is 0.416 e. The van der Waals surface area contributed by atoms with Gasteiger partial charge in [-0.15, -0.1) is 0 Å². The number of aryl methyl sites for hydroxylation is 2. The van der Waals surface area contributed by atoms with Crippen LogP contribution in [0.5, 0.6) is 5.75 Å². The second-order valence-electron chi connectivity index (χ2n) is 8.42. The Morgan fingerprint density at radius 3 is 1.97 bits per heavy atom. The van der Waals surface area contributed by atoms with Gasteiger partial charge < -0.3 is 20.5 Å². The zero-order valence-corrected chi connectivity index (χ0v) is 20.0. The van der Waals surface area contributed by atoms with Crippen LogP contribution in [0.4, 0.5) is 24.5 Å². The molecule has 184 valence electrons. The van der Waals surface area contributed by atoms with E-state index in [0.717, 1.165) is 36.1 Å². The molecule has 0 aliphatic heterocycles. The molecule has 0 aromatic heterocycles. The number of thiocarbonyl (C=S) groups is 1. The Morgan fingerprint density at radius 2 is 1.43 bits per heavy atom. The van der Waals surface area contributed by atoms with Crippen molar-refractivity contribution < 1.29 is 27.8 Å². The number of carbonyl (C=O) groups is 1. The quantitative estimate of drug-likeness (QED) is 0.304. The average Bonchev–Trinajstić information content (AvgIpc) is 2.79. The van der Waals surface area contributed by atoms with Gasteiger partial charge in [-0.05, 0) is 92.5 Å².